The number of carbonyl (C=O) groups is 1. The van der Waals surface area contributed by atoms with Crippen LogP contribution in [0.1, 0.15) is 11.1 Å². The lowest BCUT2D eigenvalue weighted by molar-refractivity contribution is -0.127. The van der Waals surface area contributed by atoms with Crippen molar-refractivity contribution in [3.05, 3.63) is 90.0 Å². The molecule has 0 aromatic heterocycles. The molecule has 4 rings (SSSR count). The fourth-order valence-electron chi connectivity index (χ4n) is 3.61. The second kappa shape index (κ2) is 9.32. The van der Waals surface area contributed by atoms with Crippen molar-refractivity contribution in [3.63, 3.8) is 0 Å². The summed E-state index contributed by atoms with van der Waals surface area (Å²) in [5.74, 6) is 0.450. The molecule has 1 aliphatic heterocycles. The van der Waals surface area contributed by atoms with Gasteiger partial charge in [0.15, 0.2) is 6.10 Å². The van der Waals surface area contributed by atoms with E-state index in [1.165, 1.54) is 4.31 Å². The molecule has 1 aliphatic rings. The quantitative estimate of drug-likeness (QED) is 0.596. The number of hydrogen-bond donors (Lipinski definition) is 1. The number of hydrogen-bond acceptors (Lipinski definition) is 5. The molecule has 0 fully saturated rings. The summed E-state index contributed by atoms with van der Waals surface area (Å²) in [6.45, 7) is 0.130. The van der Waals surface area contributed by atoms with Crippen LogP contribution in [0.4, 0.5) is 5.69 Å². The highest BCUT2D eigenvalue weighted by atomic mass is 32.2. The maximum atomic E-state index is 13.3. The van der Waals surface area contributed by atoms with Gasteiger partial charge in [0.25, 0.3) is 5.91 Å². The van der Waals surface area contributed by atoms with E-state index in [2.05, 4.69) is 5.32 Å². The van der Waals surface area contributed by atoms with Crippen LogP contribution in [0.3, 0.4) is 0 Å². The molecule has 0 saturated carbocycles. The van der Waals surface area contributed by atoms with E-state index in [-0.39, 0.29) is 18.8 Å². The highest BCUT2D eigenvalue weighted by Gasteiger charge is 2.36. The minimum atomic E-state index is -3.74. The van der Waals surface area contributed by atoms with Crippen molar-refractivity contribution in [1.82, 2.24) is 5.32 Å². The normalized spacial score (nSPS) is 15.4. The molecule has 3 aromatic rings. The van der Waals surface area contributed by atoms with Crippen LogP contribution in [0.15, 0.2) is 78.9 Å². The lowest BCUT2D eigenvalue weighted by Crippen LogP contribution is -2.50. The molecule has 1 unspecified atom stereocenters. The smallest absolute Gasteiger partial charge is 0.263 e. The molecule has 166 valence electrons. The lowest BCUT2D eigenvalue weighted by Gasteiger charge is -2.34. The summed E-state index contributed by atoms with van der Waals surface area (Å²) < 4.78 is 39.0. The molecule has 1 N–H and O–H groups in total. The van der Waals surface area contributed by atoms with Crippen LogP contribution in [0.25, 0.3) is 0 Å². The SMILES string of the molecule is COc1ccccc1CNC(=O)C1CN(S(=O)(=O)Cc2ccccc2)c2ccccc2O1. The van der Waals surface area contributed by atoms with Gasteiger partial charge in [0.1, 0.15) is 11.5 Å². The highest BCUT2D eigenvalue weighted by Crippen LogP contribution is 2.35. The van der Waals surface area contributed by atoms with Gasteiger partial charge in [-0.25, -0.2) is 8.42 Å². The molecule has 0 radical (unpaired) electrons. The van der Waals surface area contributed by atoms with Crippen LogP contribution < -0.4 is 19.1 Å². The molecule has 0 saturated heterocycles. The Morgan fingerprint density at radius 2 is 1.72 bits per heavy atom. The first kappa shape index (κ1) is 21.7. The monoisotopic (exact) mass is 452 g/mol. The summed E-state index contributed by atoms with van der Waals surface area (Å²) in [7, 11) is -2.17. The van der Waals surface area contributed by atoms with Crippen molar-refractivity contribution in [2.24, 2.45) is 0 Å². The van der Waals surface area contributed by atoms with E-state index in [0.717, 1.165) is 5.56 Å². The first-order valence-corrected chi connectivity index (χ1v) is 11.8. The minimum Gasteiger partial charge on any atom is -0.496 e. The van der Waals surface area contributed by atoms with Gasteiger partial charge in [0.2, 0.25) is 10.0 Å². The number of anilines is 1. The standard InChI is InChI=1S/C24H24N2O5S/c1-30-21-13-7-5-11-19(21)15-25-24(27)23-16-26(20-12-6-8-14-22(20)31-23)32(28,29)17-18-9-3-2-4-10-18/h2-14,23H,15-17H2,1H3,(H,25,27). The molecular weight excluding hydrogens is 428 g/mol. The Labute approximate surface area is 187 Å². The number of ether oxygens (including phenoxy) is 2. The van der Waals surface area contributed by atoms with Gasteiger partial charge >= 0.3 is 0 Å². The van der Waals surface area contributed by atoms with Crippen LogP contribution in [0.5, 0.6) is 11.5 Å². The predicted molar refractivity (Wildman–Crippen MR) is 122 cm³/mol. The van der Waals surface area contributed by atoms with Crippen molar-refractivity contribution in [1.29, 1.82) is 0 Å². The van der Waals surface area contributed by atoms with E-state index in [9.17, 15) is 13.2 Å². The van der Waals surface area contributed by atoms with E-state index < -0.39 is 22.0 Å². The molecule has 7 nitrogen and oxygen atoms in total. The lowest BCUT2D eigenvalue weighted by atomic mass is 10.2. The van der Waals surface area contributed by atoms with E-state index in [1.54, 1.807) is 55.6 Å². The summed E-state index contributed by atoms with van der Waals surface area (Å²) in [6, 6.07) is 23.2. The molecular formula is C24H24N2O5S. The molecule has 1 amide bonds. The van der Waals surface area contributed by atoms with Gasteiger partial charge in [0.05, 0.1) is 25.1 Å². The van der Waals surface area contributed by atoms with Gasteiger partial charge in [-0.2, -0.15) is 0 Å². The Morgan fingerprint density at radius 3 is 2.50 bits per heavy atom. The minimum absolute atomic E-state index is 0.107. The van der Waals surface area contributed by atoms with Crippen LogP contribution in [-0.4, -0.2) is 34.1 Å². The Bertz CT molecular complexity index is 1200. The summed E-state index contributed by atoms with van der Waals surface area (Å²) in [4.78, 5) is 12.9. The first-order valence-electron chi connectivity index (χ1n) is 10.2. The van der Waals surface area contributed by atoms with Crippen molar-refractivity contribution in [3.8, 4) is 11.5 Å². The van der Waals surface area contributed by atoms with Crippen molar-refractivity contribution in [2.45, 2.75) is 18.4 Å². The van der Waals surface area contributed by atoms with Gasteiger partial charge in [-0.15, -0.1) is 0 Å². The van der Waals surface area contributed by atoms with Gasteiger partial charge in [-0.05, 0) is 23.8 Å². The number of nitrogens with one attached hydrogen (secondary N) is 1. The summed E-state index contributed by atoms with van der Waals surface area (Å²) >= 11 is 0. The Kier molecular flexibility index (Phi) is 6.32. The van der Waals surface area contributed by atoms with E-state index in [4.69, 9.17) is 9.47 Å². The molecule has 32 heavy (non-hydrogen) atoms. The fourth-order valence-corrected chi connectivity index (χ4v) is 5.19. The number of nitrogens with zero attached hydrogens (tertiary/aromatic N) is 1. The number of sulfonamides is 1. The second-order valence-electron chi connectivity index (χ2n) is 7.38. The van der Waals surface area contributed by atoms with E-state index in [1.807, 2.05) is 30.3 Å². The van der Waals surface area contributed by atoms with Crippen LogP contribution >= 0.6 is 0 Å². The first-order chi connectivity index (χ1) is 15.5. The summed E-state index contributed by atoms with van der Waals surface area (Å²) in [6.07, 6.45) is -0.981. The van der Waals surface area contributed by atoms with Gasteiger partial charge in [-0.3, -0.25) is 9.10 Å². The van der Waals surface area contributed by atoms with Crippen LogP contribution in [0, 0.1) is 0 Å². The topological polar surface area (TPSA) is 84.9 Å². The molecule has 0 bridgehead atoms. The van der Waals surface area contributed by atoms with Crippen LogP contribution in [0.2, 0.25) is 0 Å². The zero-order valence-electron chi connectivity index (χ0n) is 17.6. The summed E-state index contributed by atoms with van der Waals surface area (Å²) in [5, 5.41) is 2.83. The van der Waals surface area contributed by atoms with Gasteiger partial charge < -0.3 is 14.8 Å². The number of para-hydroxylation sites is 3. The third-order valence-electron chi connectivity index (χ3n) is 5.20. The maximum Gasteiger partial charge on any atom is 0.263 e. The van der Waals surface area contributed by atoms with Gasteiger partial charge in [-0.1, -0.05) is 60.7 Å². The Hall–Kier alpha value is -3.52. The predicted octanol–water partition coefficient (Wildman–Crippen LogP) is 3.11. The van der Waals surface area contributed by atoms with Crippen molar-refractivity contribution < 1.29 is 22.7 Å². The number of benzene rings is 3. The van der Waals surface area contributed by atoms with Crippen LogP contribution in [-0.2, 0) is 27.1 Å². The Morgan fingerprint density at radius 1 is 1.03 bits per heavy atom. The number of amides is 1. The largest absolute Gasteiger partial charge is 0.496 e. The number of fused-ring (bicyclic) bond motifs is 1. The maximum absolute atomic E-state index is 13.3. The highest BCUT2D eigenvalue weighted by molar-refractivity contribution is 7.92. The average molecular weight is 453 g/mol. The summed E-state index contributed by atoms with van der Waals surface area (Å²) in [5.41, 5.74) is 1.92. The zero-order valence-corrected chi connectivity index (χ0v) is 18.4. The van der Waals surface area contributed by atoms with E-state index >= 15 is 0 Å². The van der Waals surface area contributed by atoms with Crippen molar-refractivity contribution >= 4 is 21.6 Å². The van der Waals surface area contributed by atoms with E-state index in [0.29, 0.717) is 22.7 Å². The van der Waals surface area contributed by atoms with Gasteiger partial charge in [0, 0.05) is 12.1 Å². The Balaban J connectivity index is 1.54. The molecule has 1 atom stereocenters. The number of carbonyl (C=O) groups excluding carboxylic acids is 1. The molecule has 3 aromatic carbocycles. The number of rotatable bonds is 7. The zero-order chi connectivity index (χ0) is 22.6. The average Bonchev–Trinajstić information content (AvgIpc) is 2.82. The third-order valence-corrected chi connectivity index (χ3v) is 6.92. The molecule has 8 heteroatoms. The third kappa shape index (κ3) is 4.70. The second-order valence-corrected chi connectivity index (χ2v) is 9.27. The molecule has 0 spiro atoms. The number of methoxy groups -OCH3 is 1. The fraction of sp³-hybridized carbons (Fsp3) is 0.208. The van der Waals surface area contributed by atoms with Crippen molar-refractivity contribution in [2.75, 3.05) is 18.0 Å². The molecule has 0 aliphatic carbocycles. The molecule has 1 heterocycles.